The number of furan rings is 1. The highest BCUT2D eigenvalue weighted by molar-refractivity contribution is 5.83. The van der Waals surface area contributed by atoms with E-state index in [1.807, 2.05) is 0 Å². The quantitative estimate of drug-likeness (QED) is 0.673. The van der Waals surface area contributed by atoms with Crippen LogP contribution >= 0.6 is 0 Å². The number of carboxylic acid groups (broad SMARTS) is 1. The van der Waals surface area contributed by atoms with Crippen molar-refractivity contribution in [1.29, 1.82) is 0 Å². The molecule has 0 saturated heterocycles. The van der Waals surface area contributed by atoms with E-state index < -0.39 is 23.9 Å². The van der Waals surface area contributed by atoms with Gasteiger partial charge in [-0.25, -0.2) is 9.59 Å². The van der Waals surface area contributed by atoms with Crippen LogP contribution in [-0.2, 0) is 16.1 Å². The van der Waals surface area contributed by atoms with Crippen LogP contribution in [0.25, 0.3) is 0 Å². The van der Waals surface area contributed by atoms with Gasteiger partial charge in [-0.15, -0.1) is 0 Å². The van der Waals surface area contributed by atoms with Gasteiger partial charge in [0, 0.05) is 13.5 Å². The first kappa shape index (κ1) is 16.5. The fourth-order valence-electron chi connectivity index (χ4n) is 1.68. The number of aryl methyl sites for hydroxylation is 1. The number of hydrogen-bond donors (Lipinski definition) is 3. The molecule has 0 radical (unpaired) electrons. The molecule has 0 aliphatic rings. The SMILES string of the molecule is Cc1ccc(CN(C)C(=O)N[C@H](CCC(N)=O)C(=O)O)o1. The highest BCUT2D eigenvalue weighted by Gasteiger charge is 2.22. The lowest BCUT2D eigenvalue weighted by molar-refractivity contribution is -0.139. The zero-order valence-electron chi connectivity index (χ0n) is 12.0. The van der Waals surface area contributed by atoms with E-state index in [4.69, 9.17) is 15.3 Å². The van der Waals surface area contributed by atoms with Crippen molar-refractivity contribution >= 4 is 17.9 Å². The first-order chi connectivity index (χ1) is 9.79. The fourth-order valence-corrected chi connectivity index (χ4v) is 1.68. The van der Waals surface area contributed by atoms with Gasteiger partial charge in [-0.2, -0.15) is 0 Å². The summed E-state index contributed by atoms with van der Waals surface area (Å²) in [6.45, 7) is 2.00. The van der Waals surface area contributed by atoms with E-state index in [-0.39, 0.29) is 19.4 Å². The standard InChI is InChI=1S/C13H19N3O5/c1-8-3-4-9(21-8)7-16(2)13(20)15-10(12(18)19)5-6-11(14)17/h3-4,10H,5-7H2,1-2H3,(H2,14,17)(H,15,20)(H,18,19)/t10-/m1/s1. The molecule has 1 heterocycles. The van der Waals surface area contributed by atoms with Crippen LogP contribution in [0.5, 0.6) is 0 Å². The normalized spacial score (nSPS) is 11.7. The molecule has 8 heteroatoms. The van der Waals surface area contributed by atoms with Crippen LogP contribution in [-0.4, -0.2) is 41.0 Å². The Morgan fingerprint density at radius 3 is 2.57 bits per heavy atom. The molecule has 0 unspecified atom stereocenters. The molecule has 0 spiro atoms. The molecule has 0 saturated carbocycles. The summed E-state index contributed by atoms with van der Waals surface area (Å²) >= 11 is 0. The number of carbonyl (C=O) groups excluding carboxylic acids is 2. The van der Waals surface area contributed by atoms with E-state index in [1.54, 1.807) is 19.1 Å². The molecule has 1 aromatic heterocycles. The molecular weight excluding hydrogens is 278 g/mol. The molecule has 1 atom stereocenters. The summed E-state index contributed by atoms with van der Waals surface area (Å²) < 4.78 is 5.34. The van der Waals surface area contributed by atoms with Gasteiger partial charge in [0.2, 0.25) is 5.91 Å². The van der Waals surface area contributed by atoms with E-state index in [0.717, 1.165) is 5.76 Å². The van der Waals surface area contributed by atoms with Gasteiger partial charge in [0.15, 0.2) is 0 Å². The molecular formula is C13H19N3O5. The van der Waals surface area contributed by atoms with Crippen molar-refractivity contribution in [3.63, 3.8) is 0 Å². The summed E-state index contributed by atoms with van der Waals surface area (Å²) in [7, 11) is 1.51. The fraction of sp³-hybridized carbons (Fsp3) is 0.462. The Labute approximate surface area is 121 Å². The molecule has 21 heavy (non-hydrogen) atoms. The molecule has 1 aromatic rings. The van der Waals surface area contributed by atoms with Crippen LogP contribution in [0.1, 0.15) is 24.4 Å². The predicted molar refractivity (Wildman–Crippen MR) is 73.3 cm³/mol. The largest absolute Gasteiger partial charge is 0.480 e. The maximum Gasteiger partial charge on any atom is 0.326 e. The molecule has 1 rings (SSSR count). The second-order valence-corrected chi connectivity index (χ2v) is 4.71. The van der Waals surface area contributed by atoms with Crippen molar-refractivity contribution in [1.82, 2.24) is 10.2 Å². The highest BCUT2D eigenvalue weighted by atomic mass is 16.4. The Morgan fingerprint density at radius 2 is 2.10 bits per heavy atom. The maximum absolute atomic E-state index is 11.9. The molecule has 0 aliphatic heterocycles. The second-order valence-electron chi connectivity index (χ2n) is 4.71. The third-order valence-corrected chi connectivity index (χ3v) is 2.81. The number of carbonyl (C=O) groups is 3. The number of amides is 3. The van der Waals surface area contributed by atoms with Crippen LogP contribution in [0.2, 0.25) is 0 Å². The minimum absolute atomic E-state index is 0.0515. The van der Waals surface area contributed by atoms with Crippen LogP contribution in [0.3, 0.4) is 0 Å². The first-order valence-electron chi connectivity index (χ1n) is 6.37. The molecule has 0 aromatic carbocycles. The lowest BCUT2D eigenvalue weighted by Crippen LogP contribution is -2.46. The Kier molecular flexibility index (Phi) is 5.77. The van der Waals surface area contributed by atoms with E-state index in [0.29, 0.717) is 5.76 Å². The van der Waals surface area contributed by atoms with Crippen LogP contribution in [0.15, 0.2) is 16.5 Å². The average Bonchev–Trinajstić information content (AvgIpc) is 2.78. The number of nitrogens with zero attached hydrogens (tertiary/aromatic N) is 1. The number of aliphatic carboxylic acids is 1. The van der Waals surface area contributed by atoms with E-state index >= 15 is 0 Å². The average molecular weight is 297 g/mol. The number of urea groups is 1. The summed E-state index contributed by atoms with van der Waals surface area (Å²) in [5.41, 5.74) is 4.97. The minimum atomic E-state index is -1.22. The van der Waals surface area contributed by atoms with Crippen LogP contribution in [0, 0.1) is 6.92 Å². The van der Waals surface area contributed by atoms with Crippen LogP contribution < -0.4 is 11.1 Å². The van der Waals surface area contributed by atoms with Gasteiger partial charge in [-0.3, -0.25) is 4.79 Å². The van der Waals surface area contributed by atoms with E-state index in [1.165, 1.54) is 11.9 Å². The van der Waals surface area contributed by atoms with E-state index in [9.17, 15) is 14.4 Å². The van der Waals surface area contributed by atoms with Gasteiger partial charge >= 0.3 is 12.0 Å². The smallest absolute Gasteiger partial charge is 0.326 e. The molecule has 4 N–H and O–H groups in total. The highest BCUT2D eigenvalue weighted by Crippen LogP contribution is 2.09. The van der Waals surface area contributed by atoms with Gasteiger partial charge < -0.3 is 25.5 Å². The third kappa shape index (κ3) is 5.55. The predicted octanol–water partition coefficient (Wildman–Crippen LogP) is 0.448. The number of carboxylic acids is 1. The Morgan fingerprint density at radius 1 is 1.43 bits per heavy atom. The number of primary amides is 1. The Hall–Kier alpha value is -2.51. The van der Waals surface area contributed by atoms with Gasteiger partial charge in [-0.05, 0) is 25.5 Å². The first-order valence-corrected chi connectivity index (χ1v) is 6.37. The topological polar surface area (TPSA) is 126 Å². The summed E-state index contributed by atoms with van der Waals surface area (Å²) in [4.78, 5) is 34.9. The van der Waals surface area contributed by atoms with Crippen molar-refractivity contribution in [3.8, 4) is 0 Å². The van der Waals surface area contributed by atoms with Gasteiger partial charge in [0.25, 0.3) is 0 Å². The number of hydrogen-bond acceptors (Lipinski definition) is 4. The van der Waals surface area contributed by atoms with Crippen molar-refractivity contribution in [2.24, 2.45) is 5.73 Å². The van der Waals surface area contributed by atoms with Crippen molar-refractivity contribution < 1.29 is 23.9 Å². The van der Waals surface area contributed by atoms with Gasteiger partial charge in [0.05, 0.1) is 6.54 Å². The lowest BCUT2D eigenvalue weighted by Gasteiger charge is -2.20. The van der Waals surface area contributed by atoms with E-state index in [2.05, 4.69) is 5.32 Å². The number of nitrogens with two attached hydrogens (primary N) is 1. The molecule has 116 valence electrons. The zero-order chi connectivity index (χ0) is 16.0. The van der Waals surface area contributed by atoms with Crippen LogP contribution in [0.4, 0.5) is 4.79 Å². The van der Waals surface area contributed by atoms with Crippen molar-refractivity contribution in [2.75, 3.05) is 7.05 Å². The van der Waals surface area contributed by atoms with Crippen molar-refractivity contribution in [2.45, 2.75) is 32.4 Å². The molecule has 0 fully saturated rings. The number of nitrogens with one attached hydrogen (secondary N) is 1. The second kappa shape index (κ2) is 7.32. The Bertz CT molecular complexity index is 526. The zero-order valence-corrected chi connectivity index (χ0v) is 12.0. The molecule has 0 aliphatic carbocycles. The lowest BCUT2D eigenvalue weighted by atomic mass is 10.1. The van der Waals surface area contributed by atoms with Crippen molar-refractivity contribution in [3.05, 3.63) is 23.7 Å². The monoisotopic (exact) mass is 297 g/mol. The molecule has 3 amide bonds. The third-order valence-electron chi connectivity index (χ3n) is 2.81. The maximum atomic E-state index is 11.9. The number of rotatable bonds is 7. The molecule has 0 bridgehead atoms. The summed E-state index contributed by atoms with van der Waals surface area (Å²) in [5.74, 6) is -0.514. The summed E-state index contributed by atoms with van der Waals surface area (Å²) in [5, 5.41) is 11.3. The minimum Gasteiger partial charge on any atom is -0.480 e. The van der Waals surface area contributed by atoms with Gasteiger partial charge in [-0.1, -0.05) is 0 Å². The summed E-state index contributed by atoms with van der Waals surface area (Å²) in [6.07, 6.45) is -0.164. The van der Waals surface area contributed by atoms with Gasteiger partial charge in [0.1, 0.15) is 17.6 Å². The molecule has 8 nitrogen and oxygen atoms in total. The summed E-state index contributed by atoms with van der Waals surface area (Å²) in [6, 6.07) is 1.78. The Balaban J connectivity index is 2.55.